The number of amides is 1. The lowest BCUT2D eigenvalue weighted by molar-refractivity contribution is 0.134. The lowest BCUT2D eigenvalue weighted by Gasteiger charge is -2.28. The molecule has 0 aliphatic carbocycles. The highest BCUT2D eigenvalue weighted by molar-refractivity contribution is 7.99. The number of rotatable bonds is 13. The molecule has 2 aromatic rings. The second-order valence-corrected chi connectivity index (χ2v) is 11.0. The Morgan fingerprint density at radius 1 is 1.06 bits per heavy atom. The molecular weight excluding hydrogens is 462 g/mol. The first-order valence-electron chi connectivity index (χ1n) is 10.8. The van der Waals surface area contributed by atoms with Crippen molar-refractivity contribution in [1.29, 1.82) is 0 Å². The summed E-state index contributed by atoms with van der Waals surface area (Å²) in [5, 5.41) is 2.77. The van der Waals surface area contributed by atoms with Crippen LogP contribution in [0.5, 0.6) is 5.75 Å². The third kappa shape index (κ3) is 11.0. The van der Waals surface area contributed by atoms with Gasteiger partial charge in [0.05, 0.1) is 12.9 Å². The molecule has 182 valence electrons. The van der Waals surface area contributed by atoms with E-state index in [1.807, 2.05) is 54.6 Å². The van der Waals surface area contributed by atoms with Gasteiger partial charge in [-0.25, -0.2) is 4.79 Å². The smallest absolute Gasteiger partial charge is 0.407 e. The highest BCUT2D eigenvalue weighted by Gasteiger charge is 2.27. The van der Waals surface area contributed by atoms with Gasteiger partial charge in [0.2, 0.25) is 0 Å². The Hall–Kier alpha value is -2.23. The maximum absolute atomic E-state index is 12.5. The molecule has 0 spiro atoms. The molecule has 7 nitrogen and oxygen atoms in total. The van der Waals surface area contributed by atoms with Gasteiger partial charge in [-0.05, 0) is 42.0 Å². The van der Waals surface area contributed by atoms with E-state index in [1.165, 1.54) is 0 Å². The zero-order valence-corrected chi connectivity index (χ0v) is 20.9. The molecule has 2 rings (SSSR count). The third-order valence-corrected chi connectivity index (χ3v) is 7.18. The summed E-state index contributed by atoms with van der Waals surface area (Å²) in [6.07, 6.45) is 0.236. The minimum absolute atomic E-state index is 0.0712. The van der Waals surface area contributed by atoms with Gasteiger partial charge in [0, 0.05) is 17.0 Å². The van der Waals surface area contributed by atoms with Crippen molar-refractivity contribution >= 4 is 28.0 Å². The number of thioether (sulfide) groups is 1. The Morgan fingerprint density at radius 2 is 1.73 bits per heavy atom. The van der Waals surface area contributed by atoms with Crippen molar-refractivity contribution in [3.05, 3.63) is 65.7 Å². The Bertz CT molecular complexity index is 949. The van der Waals surface area contributed by atoms with Gasteiger partial charge >= 0.3 is 6.09 Å². The highest BCUT2D eigenvalue weighted by atomic mass is 32.2. The van der Waals surface area contributed by atoms with Crippen LogP contribution in [0.25, 0.3) is 0 Å². The van der Waals surface area contributed by atoms with Crippen molar-refractivity contribution < 1.29 is 27.2 Å². The number of carbonyl (C=O) groups is 1. The van der Waals surface area contributed by atoms with E-state index in [4.69, 9.17) is 9.47 Å². The molecule has 0 radical (unpaired) electrons. The minimum atomic E-state index is -4.16. The number of hydrogen-bond acceptors (Lipinski definition) is 6. The third-order valence-electron chi connectivity index (χ3n) is 4.98. The maximum atomic E-state index is 12.5. The van der Waals surface area contributed by atoms with Crippen LogP contribution in [-0.2, 0) is 27.2 Å². The molecule has 0 aliphatic heterocycles. The van der Waals surface area contributed by atoms with Gasteiger partial charge < -0.3 is 14.8 Å². The molecule has 0 aromatic heterocycles. The summed E-state index contributed by atoms with van der Waals surface area (Å²) >= 11 is 1.64. The number of alkyl carbamates (subject to hydrolysis) is 1. The lowest BCUT2D eigenvalue weighted by Crippen LogP contribution is -2.44. The number of benzene rings is 2. The molecule has 2 unspecified atom stereocenters. The fourth-order valence-corrected chi connectivity index (χ4v) is 5.39. The predicted molar refractivity (Wildman–Crippen MR) is 132 cm³/mol. The molecule has 9 heteroatoms. The lowest BCUT2D eigenvalue weighted by atomic mass is 10.0. The average Bonchev–Trinajstić information content (AvgIpc) is 2.78. The number of methoxy groups -OCH3 is 1. The Balaban J connectivity index is 2.08. The normalized spacial score (nSPS) is 13.4. The second-order valence-electron chi connectivity index (χ2n) is 8.21. The fourth-order valence-electron chi connectivity index (χ4n) is 3.28. The molecule has 1 amide bonds. The molecule has 33 heavy (non-hydrogen) atoms. The van der Waals surface area contributed by atoms with Crippen molar-refractivity contribution in [3.8, 4) is 5.75 Å². The molecule has 2 aromatic carbocycles. The SMILES string of the molecule is COc1ccc(CSC(CC(C)C)C(CCS(=O)(=O)O)NC(=O)OCc2ccccc2)cc1. The number of ether oxygens (including phenoxy) is 2. The largest absolute Gasteiger partial charge is 0.497 e. The molecule has 2 N–H and O–H groups in total. The van der Waals surface area contributed by atoms with Crippen LogP contribution in [0.2, 0.25) is 0 Å². The summed E-state index contributed by atoms with van der Waals surface area (Å²) < 4.78 is 42.7. The monoisotopic (exact) mass is 495 g/mol. The van der Waals surface area contributed by atoms with Crippen LogP contribution in [-0.4, -0.2) is 43.2 Å². The predicted octanol–water partition coefficient (Wildman–Crippen LogP) is 4.92. The van der Waals surface area contributed by atoms with E-state index in [2.05, 4.69) is 19.2 Å². The first-order chi connectivity index (χ1) is 15.7. The van der Waals surface area contributed by atoms with Crippen LogP contribution in [0, 0.1) is 5.92 Å². The maximum Gasteiger partial charge on any atom is 0.407 e. The summed E-state index contributed by atoms with van der Waals surface area (Å²) in [5.41, 5.74) is 1.95. The summed E-state index contributed by atoms with van der Waals surface area (Å²) in [4.78, 5) is 12.5. The summed E-state index contributed by atoms with van der Waals surface area (Å²) in [7, 11) is -2.55. The van der Waals surface area contributed by atoms with E-state index in [0.29, 0.717) is 11.7 Å². The zero-order valence-electron chi connectivity index (χ0n) is 19.3. The topological polar surface area (TPSA) is 102 Å². The van der Waals surface area contributed by atoms with E-state index < -0.39 is 28.0 Å². The van der Waals surface area contributed by atoms with Crippen LogP contribution < -0.4 is 10.1 Å². The summed E-state index contributed by atoms with van der Waals surface area (Å²) in [6, 6.07) is 16.6. The van der Waals surface area contributed by atoms with Crippen LogP contribution in [0.15, 0.2) is 54.6 Å². The molecule has 0 aliphatic rings. The van der Waals surface area contributed by atoms with Crippen molar-refractivity contribution in [3.63, 3.8) is 0 Å². The summed E-state index contributed by atoms with van der Waals surface area (Å²) in [6.45, 7) is 4.27. The number of carbonyl (C=O) groups excluding carboxylic acids is 1. The van der Waals surface area contributed by atoms with E-state index in [-0.39, 0.29) is 18.3 Å². The van der Waals surface area contributed by atoms with Gasteiger partial charge in [0.25, 0.3) is 10.1 Å². The van der Waals surface area contributed by atoms with Crippen molar-refractivity contribution in [2.24, 2.45) is 5.92 Å². The number of nitrogens with one attached hydrogen (secondary N) is 1. The Kier molecular flexibility index (Phi) is 11.0. The molecule has 0 bridgehead atoms. The van der Waals surface area contributed by atoms with Crippen LogP contribution in [0.4, 0.5) is 4.79 Å². The number of hydrogen-bond donors (Lipinski definition) is 2. The van der Waals surface area contributed by atoms with Crippen molar-refractivity contribution in [2.75, 3.05) is 12.9 Å². The van der Waals surface area contributed by atoms with Crippen LogP contribution >= 0.6 is 11.8 Å². The summed E-state index contributed by atoms with van der Waals surface area (Å²) in [5.74, 6) is 1.35. The van der Waals surface area contributed by atoms with Gasteiger partial charge in [0.15, 0.2) is 0 Å². The Morgan fingerprint density at radius 3 is 2.30 bits per heavy atom. The first-order valence-corrected chi connectivity index (χ1v) is 13.5. The van der Waals surface area contributed by atoms with Gasteiger partial charge in [0.1, 0.15) is 12.4 Å². The molecule has 0 heterocycles. The quantitative estimate of drug-likeness (QED) is 0.380. The molecule has 0 fully saturated rings. The van der Waals surface area contributed by atoms with E-state index in [1.54, 1.807) is 18.9 Å². The fraction of sp³-hybridized carbons (Fsp3) is 0.458. The van der Waals surface area contributed by atoms with E-state index in [0.717, 1.165) is 23.3 Å². The average molecular weight is 496 g/mol. The zero-order chi connectivity index (χ0) is 24.3. The van der Waals surface area contributed by atoms with E-state index in [9.17, 15) is 17.8 Å². The molecule has 2 atom stereocenters. The van der Waals surface area contributed by atoms with Crippen molar-refractivity contribution in [1.82, 2.24) is 5.32 Å². The molecule has 0 saturated carbocycles. The van der Waals surface area contributed by atoms with Gasteiger partial charge in [-0.1, -0.05) is 56.3 Å². The van der Waals surface area contributed by atoms with Gasteiger partial charge in [-0.3, -0.25) is 4.55 Å². The minimum Gasteiger partial charge on any atom is -0.497 e. The van der Waals surface area contributed by atoms with Crippen molar-refractivity contribution in [2.45, 2.75) is 50.3 Å². The second kappa shape index (κ2) is 13.5. The standard InChI is InChI=1S/C24H33NO6S2/c1-18(2)15-23(32-17-20-9-11-21(30-3)12-10-20)22(13-14-33(27,28)29)25-24(26)31-16-19-7-5-4-6-8-19/h4-12,18,22-23H,13-17H2,1-3H3,(H,25,26)(H,27,28,29). The molecular formula is C24H33NO6S2. The van der Waals surface area contributed by atoms with Gasteiger partial charge in [-0.2, -0.15) is 20.2 Å². The van der Waals surface area contributed by atoms with Crippen LogP contribution in [0.3, 0.4) is 0 Å². The van der Waals surface area contributed by atoms with Gasteiger partial charge in [-0.15, -0.1) is 0 Å². The first kappa shape index (κ1) is 27.0. The Labute approximate surface area is 201 Å². The molecule has 0 saturated heterocycles. The van der Waals surface area contributed by atoms with Crippen LogP contribution in [0.1, 0.15) is 37.8 Å². The highest BCUT2D eigenvalue weighted by Crippen LogP contribution is 2.28. The van der Waals surface area contributed by atoms with E-state index >= 15 is 0 Å².